The maximum absolute atomic E-state index is 8.49. The molecular formula is C52H54IrN2OSi-2. The molecule has 1 radical (unpaired) electrons. The molecule has 8 rings (SSSR count). The van der Waals surface area contributed by atoms with Crippen molar-refractivity contribution in [1.82, 2.24) is 9.97 Å². The second-order valence-corrected chi connectivity index (χ2v) is 20.6. The number of nitrogens with zero attached hydrogens (tertiary/aromatic N) is 2. The summed E-state index contributed by atoms with van der Waals surface area (Å²) in [6.45, 7) is 5.00. The van der Waals surface area contributed by atoms with Crippen molar-refractivity contribution < 1.29 is 39.6 Å². The van der Waals surface area contributed by atoms with Gasteiger partial charge in [-0.15, -0.1) is 53.6 Å². The van der Waals surface area contributed by atoms with Crippen molar-refractivity contribution in [3.8, 4) is 33.6 Å². The number of fused-ring (bicyclic) bond motifs is 5. The van der Waals surface area contributed by atoms with Crippen LogP contribution in [0.4, 0.5) is 0 Å². The number of benzene rings is 5. The minimum atomic E-state index is -2.51. The topological polar surface area (TPSA) is 38.9 Å². The Labute approximate surface area is 369 Å². The molecule has 0 amide bonds. The fourth-order valence-corrected chi connectivity index (χ4v) is 11.2. The van der Waals surface area contributed by atoms with Crippen LogP contribution in [0.1, 0.15) is 78.9 Å². The van der Waals surface area contributed by atoms with Crippen LogP contribution in [0.15, 0.2) is 120 Å². The maximum Gasteiger partial charge on any atom is 0.128 e. The van der Waals surface area contributed by atoms with Crippen LogP contribution in [0.2, 0.25) is 18.1 Å². The number of aryl methyl sites for hydroxylation is 3. The van der Waals surface area contributed by atoms with Gasteiger partial charge in [-0.25, -0.2) is 0 Å². The molecule has 0 unspecified atom stereocenters. The normalized spacial score (nSPS) is 15.5. The molecule has 0 saturated heterocycles. The summed E-state index contributed by atoms with van der Waals surface area (Å²) in [7, 11) is -1.90. The van der Waals surface area contributed by atoms with Crippen molar-refractivity contribution in [3.05, 3.63) is 150 Å². The fourth-order valence-electron chi connectivity index (χ4n) is 7.59. The molecule has 0 saturated carbocycles. The van der Waals surface area contributed by atoms with Crippen molar-refractivity contribution >= 4 is 46.0 Å². The SMILES string of the molecule is [2H]C([2H])([2H])c1c[c-]c(-c2ccc(C([2H])([2H])C(C)(C)C)cn2)cc1.[2H]C([2H])([2H])c1cnc(-c2[c-]ccc3c2oc2c4ccccc4ccc32)cc1-c1ccc([Si](CC)(CC)CC)cc1C([2H])([2H])[2H].[Ir]. The first-order chi connectivity index (χ1) is 31.3. The van der Waals surface area contributed by atoms with Crippen molar-refractivity contribution in [1.29, 1.82) is 0 Å². The third-order valence-electron chi connectivity index (χ3n) is 10.8. The van der Waals surface area contributed by atoms with Gasteiger partial charge in [0.1, 0.15) is 5.58 Å². The molecule has 0 fully saturated rings. The van der Waals surface area contributed by atoms with Gasteiger partial charge >= 0.3 is 0 Å². The number of furan rings is 1. The summed E-state index contributed by atoms with van der Waals surface area (Å²) in [4.78, 5) is 8.90. The van der Waals surface area contributed by atoms with Crippen LogP contribution in [0.25, 0.3) is 66.4 Å². The summed E-state index contributed by atoms with van der Waals surface area (Å²) in [6, 6.07) is 40.6. The van der Waals surface area contributed by atoms with Crippen molar-refractivity contribution in [3.63, 3.8) is 0 Å². The smallest absolute Gasteiger partial charge is 0.128 e. The van der Waals surface area contributed by atoms with Crippen molar-refractivity contribution in [2.45, 2.75) is 86.6 Å². The molecule has 0 N–H and O–H groups in total. The molecule has 0 spiro atoms. The molecule has 8 aromatic rings. The van der Waals surface area contributed by atoms with Crippen LogP contribution in [-0.4, -0.2) is 18.0 Å². The van der Waals surface area contributed by atoms with E-state index in [1.54, 1.807) is 30.3 Å². The van der Waals surface area contributed by atoms with E-state index >= 15 is 0 Å². The molecule has 0 atom stereocenters. The average Bonchev–Trinajstić information content (AvgIpc) is 3.68. The third kappa shape index (κ3) is 8.77. The summed E-state index contributed by atoms with van der Waals surface area (Å²) in [5.74, 6) is 0. The molecule has 293 valence electrons. The van der Waals surface area contributed by atoms with Gasteiger partial charge in [-0.1, -0.05) is 155 Å². The number of pyridine rings is 2. The minimum Gasteiger partial charge on any atom is -0.500 e. The van der Waals surface area contributed by atoms with E-state index in [9.17, 15) is 0 Å². The van der Waals surface area contributed by atoms with E-state index in [0.29, 0.717) is 44.8 Å². The van der Waals surface area contributed by atoms with E-state index in [2.05, 4.69) is 48.9 Å². The zero-order valence-corrected chi connectivity index (χ0v) is 36.6. The van der Waals surface area contributed by atoms with Gasteiger partial charge in [-0.3, -0.25) is 0 Å². The standard InChI is InChI=1S/C35H34NOSi.C17H20N.Ir/c1-6-38(7-2,8-3)26-17-19-27(23(4)20-26)32-21-33(36-22-24(32)5)31-15-11-14-29-30-18-16-25-12-9-10-13-28(25)34(30)37-35(29)31;1-13-5-8-15(9-6-13)16-10-7-14(12-18-16)11-17(2,3)4;/h9-14,16-22H,6-8H2,1-5H3;5-8,10,12H,11H2,1-4H3;/q2*-1;/i4D3,5D3;1D3,11D2;. The van der Waals surface area contributed by atoms with Crippen molar-refractivity contribution in [2.24, 2.45) is 5.41 Å². The number of hydrogen-bond donors (Lipinski definition) is 0. The van der Waals surface area contributed by atoms with Gasteiger partial charge in [0.25, 0.3) is 0 Å². The summed E-state index contributed by atoms with van der Waals surface area (Å²) in [5, 5.41) is 5.01. The molecule has 5 heteroatoms. The molecule has 57 heavy (non-hydrogen) atoms. The first kappa shape index (κ1) is 29.5. The van der Waals surface area contributed by atoms with Gasteiger partial charge in [-0.2, -0.15) is 0 Å². The Morgan fingerprint density at radius 2 is 1.47 bits per heavy atom. The molecule has 5 aromatic carbocycles. The Morgan fingerprint density at radius 3 is 2.16 bits per heavy atom. The number of hydrogen-bond acceptors (Lipinski definition) is 3. The quantitative estimate of drug-likeness (QED) is 0.113. The molecule has 3 nitrogen and oxygen atoms in total. The summed E-state index contributed by atoms with van der Waals surface area (Å²) in [5.41, 5.74) is 4.83. The van der Waals surface area contributed by atoms with E-state index in [-0.39, 0.29) is 36.8 Å². The summed E-state index contributed by atoms with van der Waals surface area (Å²) < 4.78 is 95.5. The molecule has 3 heterocycles. The van der Waals surface area contributed by atoms with Gasteiger partial charge in [0, 0.05) is 58.3 Å². The first-order valence-corrected chi connectivity index (χ1v) is 21.9. The Kier molecular flexibility index (Phi) is 9.04. The zero-order valence-electron chi connectivity index (χ0n) is 44.2. The minimum absolute atomic E-state index is 0. The molecular weight excluding hydrogens is 889 g/mol. The van der Waals surface area contributed by atoms with Gasteiger partial charge in [0.15, 0.2) is 0 Å². The van der Waals surface area contributed by atoms with Crippen LogP contribution in [0, 0.1) is 38.1 Å². The molecule has 0 aliphatic heterocycles. The van der Waals surface area contributed by atoms with E-state index < -0.39 is 40.4 Å². The Morgan fingerprint density at radius 1 is 0.702 bits per heavy atom. The van der Waals surface area contributed by atoms with Crippen LogP contribution in [0.3, 0.4) is 0 Å². The van der Waals surface area contributed by atoms with Crippen LogP contribution < -0.4 is 5.19 Å². The summed E-state index contributed by atoms with van der Waals surface area (Å²) in [6.07, 6.45) is 1.39. The Hall–Kier alpha value is -4.67. The van der Waals surface area contributed by atoms with Crippen LogP contribution >= 0.6 is 0 Å². The van der Waals surface area contributed by atoms with E-state index in [1.165, 1.54) is 18.5 Å². The molecule has 0 aliphatic carbocycles. The molecule has 0 bridgehead atoms. The fraction of sp³-hybridized carbons (Fsp3) is 0.269. The Balaban J connectivity index is 0.000000269. The first-order valence-electron chi connectivity index (χ1n) is 24.7. The van der Waals surface area contributed by atoms with Gasteiger partial charge in [0.05, 0.1) is 13.7 Å². The van der Waals surface area contributed by atoms with Gasteiger partial charge in [0.2, 0.25) is 0 Å². The largest absolute Gasteiger partial charge is 0.500 e. The third-order valence-corrected chi connectivity index (χ3v) is 16.4. The summed E-state index contributed by atoms with van der Waals surface area (Å²) >= 11 is 0. The molecule has 0 aliphatic rings. The van der Waals surface area contributed by atoms with E-state index in [4.69, 9.17) is 19.5 Å². The maximum atomic E-state index is 8.49. The van der Waals surface area contributed by atoms with Gasteiger partial charge < -0.3 is 14.4 Å². The second kappa shape index (κ2) is 17.4. The van der Waals surface area contributed by atoms with Crippen LogP contribution in [-0.2, 0) is 26.5 Å². The average molecular weight is 954 g/mol. The number of rotatable bonds is 8. The number of aromatic nitrogens is 2. The monoisotopic (exact) mass is 954 g/mol. The zero-order chi connectivity index (χ0) is 48.9. The van der Waals surface area contributed by atoms with Crippen molar-refractivity contribution in [2.75, 3.05) is 0 Å². The predicted molar refractivity (Wildman–Crippen MR) is 241 cm³/mol. The van der Waals surface area contributed by atoms with Gasteiger partial charge in [-0.05, 0) is 70.1 Å². The van der Waals surface area contributed by atoms with E-state index in [1.807, 2.05) is 81.4 Å². The molecule has 3 aromatic heterocycles. The Bertz CT molecular complexity index is 3050. The second-order valence-electron chi connectivity index (χ2n) is 15.4. The van der Waals surface area contributed by atoms with E-state index in [0.717, 1.165) is 50.4 Å². The predicted octanol–water partition coefficient (Wildman–Crippen LogP) is 14.0. The van der Waals surface area contributed by atoms with Crippen LogP contribution in [0.5, 0.6) is 0 Å².